The number of nitrogens with zero attached hydrogens (tertiary/aromatic N) is 1. The highest BCUT2D eigenvalue weighted by atomic mass is 16.5. The molecule has 0 radical (unpaired) electrons. The van der Waals surface area contributed by atoms with Gasteiger partial charge in [-0.25, -0.2) is 9.78 Å². The summed E-state index contributed by atoms with van der Waals surface area (Å²) in [5, 5.41) is 12.5. The summed E-state index contributed by atoms with van der Waals surface area (Å²) in [5.74, 6) is -0.631. The van der Waals surface area contributed by atoms with Crippen LogP contribution in [0.3, 0.4) is 0 Å². The number of imidazole rings is 1. The second-order valence-electron chi connectivity index (χ2n) is 7.79. The molecule has 2 aromatic carbocycles. The second-order valence-corrected chi connectivity index (χ2v) is 7.79. The summed E-state index contributed by atoms with van der Waals surface area (Å²) < 4.78 is 5.29. The molecule has 0 unspecified atom stereocenters. The van der Waals surface area contributed by atoms with Crippen LogP contribution >= 0.6 is 0 Å². The van der Waals surface area contributed by atoms with Gasteiger partial charge < -0.3 is 14.8 Å². The molecule has 0 amide bonds. The van der Waals surface area contributed by atoms with E-state index in [1.54, 1.807) is 19.9 Å². The van der Waals surface area contributed by atoms with Crippen LogP contribution in [0.2, 0.25) is 0 Å². The molecule has 146 valence electrons. The van der Waals surface area contributed by atoms with E-state index in [-0.39, 0.29) is 29.6 Å². The number of aromatic amines is 1. The van der Waals surface area contributed by atoms with Crippen molar-refractivity contribution in [1.82, 2.24) is 9.97 Å². The predicted molar refractivity (Wildman–Crippen MR) is 105 cm³/mol. The highest BCUT2D eigenvalue weighted by Crippen LogP contribution is 2.28. The molecular formula is C22H23N2O4-. The van der Waals surface area contributed by atoms with Crippen molar-refractivity contribution in [3.05, 3.63) is 48.0 Å². The number of ketones is 1. The Bertz CT molecular complexity index is 1000. The molecule has 0 saturated carbocycles. The molecule has 1 N–H and O–H groups in total. The average molecular weight is 379 g/mol. The minimum Gasteiger partial charge on any atom is -0.872 e. The van der Waals surface area contributed by atoms with Crippen LogP contribution in [0.15, 0.2) is 42.5 Å². The third-order valence-electron chi connectivity index (χ3n) is 4.62. The van der Waals surface area contributed by atoms with Gasteiger partial charge in [0.25, 0.3) is 0 Å². The molecule has 3 rings (SSSR count). The van der Waals surface area contributed by atoms with Gasteiger partial charge in [0, 0.05) is 11.5 Å². The number of para-hydroxylation sites is 2. The Labute approximate surface area is 163 Å². The Kier molecular flexibility index (Phi) is 5.23. The van der Waals surface area contributed by atoms with Gasteiger partial charge in [-0.3, -0.25) is 4.79 Å². The molecule has 0 aliphatic heterocycles. The van der Waals surface area contributed by atoms with E-state index in [4.69, 9.17) is 4.74 Å². The first-order valence-electron chi connectivity index (χ1n) is 9.16. The number of fused-ring (bicyclic) bond motifs is 1. The normalized spacial score (nSPS) is 11.8. The van der Waals surface area contributed by atoms with Crippen molar-refractivity contribution in [1.29, 1.82) is 0 Å². The summed E-state index contributed by atoms with van der Waals surface area (Å²) in [4.78, 5) is 32.0. The fraction of sp³-hybridized carbons (Fsp3) is 0.318. The summed E-state index contributed by atoms with van der Waals surface area (Å²) in [5.41, 5.74) is 1.34. The molecule has 1 heterocycles. The summed E-state index contributed by atoms with van der Waals surface area (Å²) >= 11 is 0. The van der Waals surface area contributed by atoms with E-state index in [0.29, 0.717) is 11.4 Å². The van der Waals surface area contributed by atoms with Gasteiger partial charge in [0.15, 0.2) is 0 Å². The minimum atomic E-state index is -0.779. The molecule has 0 fully saturated rings. The first kappa shape index (κ1) is 19.6. The van der Waals surface area contributed by atoms with Gasteiger partial charge in [-0.2, -0.15) is 0 Å². The first-order chi connectivity index (χ1) is 13.2. The summed E-state index contributed by atoms with van der Waals surface area (Å²) in [7, 11) is 0. The van der Waals surface area contributed by atoms with Crippen molar-refractivity contribution in [2.24, 2.45) is 11.3 Å². The first-order valence-corrected chi connectivity index (χ1v) is 9.16. The van der Waals surface area contributed by atoms with Crippen LogP contribution in [0.4, 0.5) is 0 Å². The van der Waals surface area contributed by atoms with E-state index < -0.39 is 11.4 Å². The molecule has 6 heteroatoms. The van der Waals surface area contributed by atoms with Crippen LogP contribution < -0.4 is 5.11 Å². The number of esters is 1. The van der Waals surface area contributed by atoms with Gasteiger partial charge in [-0.15, -0.1) is 0 Å². The molecule has 0 aliphatic carbocycles. The number of hydrogen-bond donors (Lipinski definition) is 1. The lowest BCUT2D eigenvalue weighted by atomic mass is 9.83. The maximum absolute atomic E-state index is 12.5. The SMILES string of the molecule is CC(C)C(=O)C(C)(C)COC(=O)c1ccc(-c2nc3ccccc3[nH]2)c([O-])c1. The number of carbonyl (C=O) groups excluding carboxylic acids is 2. The van der Waals surface area contributed by atoms with E-state index in [0.717, 1.165) is 11.0 Å². The average Bonchev–Trinajstić information content (AvgIpc) is 3.09. The molecule has 0 atom stereocenters. The van der Waals surface area contributed by atoms with Gasteiger partial charge in [-0.1, -0.05) is 43.9 Å². The highest BCUT2D eigenvalue weighted by molar-refractivity contribution is 5.92. The second kappa shape index (κ2) is 7.46. The third kappa shape index (κ3) is 3.91. The van der Waals surface area contributed by atoms with Crippen LogP contribution in [-0.4, -0.2) is 28.3 Å². The van der Waals surface area contributed by atoms with E-state index in [1.807, 2.05) is 38.1 Å². The van der Waals surface area contributed by atoms with Crippen LogP contribution in [-0.2, 0) is 9.53 Å². The van der Waals surface area contributed by atoms with Crippen LogP contribution in [0, 0.1) is 11.3 Å². The number of Topliss-reactive ketones (excluding diaryl/α,β-unsaturated/α-hetero) is 1. The fourth-order valence-corrected chi connectivity index (χ4v) is 3.11. The quantitative estimate of drug-likeness (QED) is 0.659. The predicted octanol–water partition coefficient (Wildman–Crippen LogP) is 3.71. The van der Waals surface area contributed by atoms with Crippen molar-refractivity contribution in [2.75, 3.05) is 6.61 Å². The number of H-pyrrole nitrogens is 1. The maximum Gasteiger partial charge on any atom is 0.338 e. The number of hydrogen-bond acceptors (Lipinski definition) is 5. The third-order valence-corrected chi connectivity index (χ3v) is 4.62. The summed E-state index contributed by atoms with van der Waals surface area (Å²) in [6, 6.07) is 11.8. The molecule has 3 aromatic rings. The van der Waals surface area contributed by atoms with E-state index in [9.17, 15) is 14.7 Å². The van der Waals surface area contributed by atoms with Crippen LogP contribution in [0.5, 0.6) is 5.75 Å². The zero-order chi connectivity index (χ0) is 20.5. The molecular weight excluding hydrogens is 356 g/mol. The Morgan fingerprint density at radius 3 is 2.54 bits per heavy atom. The lowest BCUT2D eigenvalue weighted by Gasteiger charge is -2.24. The van der Waals surface area contributed by atoms with Crippen LogP contribution in [0.1, 0.15) is 38.1 Å². The standard InChI is InChI=1S/C22H24N2O4/c1-13(2)19(26)22(3,4)12-28-21(27)14-9-10-15(18(25)11-14)20-23-16-7-5-6-8-17(16)24-20/h5-11,13,25H,12H2,1-4H3,(H,23,24)/p-1. The zero-order valence-corrected chi connectivity index (χ0v) is 16.4. The molecule has 0 bridgehead atoms. The summed E-state index contributed by atoms with van der Waals surface area (Å²) in [6.45, 7) is 7.07. The number of aromatic nitrogens is 2. The molecule has 0 aliphatic rings. The minimum absolute atomic E-state index is 0.0186. The number of ether oxygens (including phenoxy) is 1. The number of benzene rings is 2. The van der Waals surface area contributed by atoms with E-state index >= 15 is 0 Å². The smallest absolute Gasteiger partial charge is 0.338 e. The number of rotatable bonds is 6. The monoisotopic (exact) mass is 379 g/mol. The molecule has 0 spiro atoms. The topological polar surface area (TPSA) is 95.1 Å². The lowest BCUT2D eigenvalue weighted by Crippen LogP contribution is -2.34. The Morgan fingerprint density at radius 2 is 1.89 bits per heavy atom. The van der Waals surface area contributed by atoms with Gasteiger partial charge in [-0.05, 0) is 32.0 Å². The highest BCUT2D eigenvalue weighted by Gasteiger charge is 2.31. The molecule has 1 aromatic heterocycles. The number of carbonyl (C=O) groups is 2. The zero-order valence-electron chi connectivity index (χ0n) is 16.4. The van der Waals surface area contributed by atoms with E-state index in [1.165, 1.54) is 12.1 Å². The van der Waals surface area contributed by atoms with Crippen LogP contribution in [0.25, 0.3) is 22.4 Å². The van der Waals surface area contributed by atoms with Gasteiger partial charge in [0.05, 0.1) is 22.0 Å². The Morgan fingerprint density at radius 1 is 1.18 bits per heavy atom. The molecule has 28 heavy (non-hydrogen) atoms. The van der Waals surface area contributed by atoms with Crippen molar-refractivity contribution in [3.8, 4) is 17.1 Å². The largest absolute Gasteiger partial charge is 0.872 e. The number of nitrogens with one attached hydrogen (secondary N) is 1. The Hall–Kier alpha value is -3.15. The Balaban J connectivity index is 1.76. The lowest BCUT2D eigenvalue weighted by molar-refractivity contribution is -0.267. The van der Waals surface area contributed by atoms with Crippen molar-refractivity contribution in [2.45, 2.75) is 27.7 Å². The van der Waals surface area contributed by atoms with Crippen molar-refractivity contribution >= 4 is 22.8 Å². The maximum atomic E-state index is 12.5. The molecule has 6 nitrogen and oxygen atoms in total. The van der Waals surface area contributed by atoms with E-state index in [2.05, 4.69) is 9.97 Å². The fourth-order valence-electron chi connectivity index (χ4n) is 3.11. The van der Waals surface area contributed by atoms with Crippen molar-refractivity contribution < 1.29 is 19.4 Å². The molecule has 0 saturated heterocycles. The van der Waals surface area contributed by atoms with Gasteiger partial charge in [0.1, 0.15) is 18.2 Å². The van der Waals surface area contributed by atoms with Gasteiger partial charge in [0.2, 0.25) is 0 Å². The summed E-state index contributed by atoms with van der Waals surface area (Å²) in [6.07, 6.45) is 0. The van der Waals surface area contributed by atoms with Crippen molar-refractivity contribution in [3.63, 3.8) is 0 Å². The van der Waals surface area contributed by atoms with Gasteiger partial charge >= 0.3 is 5.97 Å².